The summed E-state index contributed by atoms with van der Waals surface area (Å²) in [6, 6.07) is 7.17. The lowest BCUT2D eigenvalue weighted by atomic mass is 10.2. The fourth-order valence-corrected chi connectivity index (χ4v) is 2.71. The molecule has 3 aromatic heterocycles. The first kappa shape index (κ1) is 16.5. The molecule has 3 heterocycles. The highest BCUT2D eigenvalue weighted by Crippen LogP contribution is 2.26. The molecule has 0 aliphatic carbocycles. The van der Waals surface area contributed by atoms with Gasteiger partial charge in [-0.2, -0.15) is 9.61 Å². The summed E-state index contributed by atoms with van der Waals surface area (Å²) in [5, 5.41) is 15.8. The van der Waals surface area contributed by atoms with Gasteiger partial charge in [-0.3, -0.25) is 9.97 Å². The van der Waals surface area contributed by atoms with Gasteiger partial charge >= 0.3 is 6.03 Å². The van der Waals surface area contributed by atoms with E-state index >= 15 is 0 Å². The van der Waals surface area contributed by atoms with Gasteiger partial charge < -0.3 is 21.3 Å². The summed E-state index contributed by atoms with van der Waals surface area (Å²) in [5.41, 5.74) is 3.29. The number of nitrogens with zero attached hydrogens (tertiary/aromatic N) is 5. The summed E-state index contributed by atoms with van der Waals surface area (Å²) in [7, 11) is 3.33. The Balaban J connectivity index is 1.79. The van der Waals surface area contributed by atoms with Crippen LogP contribution < -0.4 is 21.3 Å². The Labute approximate surface area is 154 Å². The number of anilines is 4. The third-order valence-corrected chi connectivity index (χ3v) is 3.96. The number of hydrogen-bond donors (Lipinski definition) is 4. The number of benzene rings is 1. The van der Waals surface area contributed by atoms with Crippen LogP contribution in [0.2, 0.25) is 0 Å². The molecule has 0 unspecified atom stereocenters. The molecule has 27 heavy (non-hydrogen) atoms. The molecule has 0 atom stereocenters. The van der Waals surface area contributed by atoms with Crippen LogP contribution in [0, 0.1) is 0 Å². The van der Waals surface area contributed by atoms with Gasteiger partial charge in [0.1, 0.15) is 22.8 Å². The van der Waals surface area contributed by atoms with E-state index in [4.69, 9.17) is 0 Å². The molecule has 0 fully saturated rings. The minimum absolute atomic E-state index is 0.347. The molecule has 0 saturated heterocycles. The van der Waals surface area contributed by atoms with Gasteiger partial charge in [0.25, 0.3) is 0 Å². The van der Waals surface area contributed by atoms with Crippen LogP contribution in [-0.4, -0.2) is 44.7 Å². The molecule has 2 amide bonds. The Hall–Kier alpha value is -3.95. The van der Waals surface area contributed by atoms with Crippen molar-refractivity contribution in [1.29, 1.82) is 0 Å². The number of fused-ring (bicyclic) bond motifs is 2. The lowest BCUT2D eigenvalue weighted by Gasteiger charge is -2.11. The number of carbonyl (C=O) groups is 1. The maximum atomic E-state index is 11.7. The standard InChI is InChI=1S/C17H17N9O/c1-18-14-8-13(23-11-5-3-4-10-15(11)21-7-6-20-10)25-16-12(9-22-26(14)16)24-17(27)19-2/h3-9,18H,1-2H3,(H,23,25)(H2,19,24,27). The highest BCUT2D eigenvalue weighted by atomic mass is 16.2. The van der Waals surface area contributed by atoms with Crippen LogP contribution in [0.5, 0.6) is 0 Å². The lowest BCUT2D eigenvalue weighted by Crippen LogP contribution is -2.24. The Morgan fingerprint density at radius 3 is 2.78 bits per heavy atom. The second-order valence-electron chi connectivity index (χ2n) is 5.63. The number of nitrogens with one attached hydrogen (secondary N) is 4. The Morgan fingerprint density at radius 2 is 1.96 bits per heavy atom. The Morgan fingerprint density at radius 1 is 1.11 bits per heavy atom. The molecular weight excluding hydrogens is 346 g/mol. The first-order valence-corrected chi connectivity index (χ1v) is 8.21. The first-order valence-electron chi connectivity index (χ1n) is 8.21. The summed E-state index contributed by atoms with van der Waals surface area (Å²) < 4.78 is 1.61. The van der Waals surface area contributed by atoms with Gasteiger partial charge in [-0.25, -0.2) is 9.78 Å². The van der Waals surface area contributed by atoms with Gasteiger partial charge in [0.15, 0.2) is 5.65 Å². The average Bonchev–Trinajstić information content (AvgIpc) is 3.10. The SMILES string of the molecule is CNC(=O)Nc1cnn2c(NC)cc(Nc3cccc4nccnc34)nc12. The highest BCUT2D eigenvalue weighted by Gasteiger charge is 2.13. The number of urea groups is 1. The van der Waals surface area contributed by atoms with Crippen molar-refractivity contribution in [2.45, 2.75) is 0 Å². The van der Waals surface area contributed by atoms with Crippen LogP contribution in [0.1, 0.15) is 0 Å². The van der Waals surface area contributed by atoms with Crippen molar-refractivity contribution in [2.24, 2.45) is 0 Å². The third kappa shape index (κ3) is 3.03. The molecule has 10 nitrogen and oxygen atoms in total. The van der Waals surface area contributed by atoms with Gasteiger partial charge in [0.05, 0.1) is 17.4 Å². The van der Waals surface area contributed by atoms with Crippen LogP contribution >= 0.6 is 0 Å². The van der Waals surface area contributed by atoms with Gasteiger partial charge in [0, 0.05) is 32.6 Å². The predicted octanol–water partition coefficient (Wildman–Crippen LogP) is 2.21. The number of amides is 2. The number of para-hydroxylation sites is 1. The van der Waals surface area contributed by atoms with Gasteiger partial charge in [0.2, 0.25) is 0 Å². The van der Waals surface area contributed by atoms with Gasteiger partial charge in [-0.05, 0) is 12.1 Å². The molecular formula is C17H17N9O. The minimum atomic E-state index is -0.347. The van der Waals surface area contributed by atoms with Gasteiger partial charge in [-0.15, -0.1) is 0 Å². The number of hydrogen-bond acceptors (Lipinski definition) is 7. The molecule has 0 aliphatic heterocycles. The average molecular weight is 363 g/mol. The van der Waals surface area contributed by atoms with Crippen LogP contribution in [0.15, 0.2) is 42.9 Å². The van der Waals surface area contributed by atoms with Gasteiger partial charge in [-0.1, -0.05) is 6.07 Å². The predicted molar refractivity (Wildman–Crippen MR) is 103 cm³/mol. The van der Waals surface area contributed by atoms with Crippen LogP contribution in [0.4, 0.5) is 27.8 Å². The van der Waals surface area contributed by atoms with Crippen molar-refractivity contribution in [2.75, 3.05) is 30.0 Å². The van der Waals surface area contributed by atoms with E-state index in [9.17, 15) is 4.79 Å². The zero-order valence-corrected chi connectivity index (χ0v) is 14.7. The fourth-order valence-electron chi connectivity index (χ4n) is 2.71. The van der Waals surface area contributed by atoms with E-state index in [2.05, 4.69) is 41.3 Å². The zero-order chi connectivity index (χ0) is 18.8. The Kier molecular flexibility index (Phi) is 4.13. The molecule has 4 rings (SSSR count). The second-order valence-corrected chi connectivity index (χ2v) is 5.63. The number of carbonyl (C=O) groups excluding carboxylic acids is 1. The van der Waals surface area contributed by atoms with Crippen molar-refractivity contribution >= 4 is 45.7 Å². The Bertz CT molecular complexity index is 1130. The summed E-state index contributed by atoms with van der Waals surface area (Å²) in [6.07, 6.45) is 4.84. The van der Waals surface area contributed by atoms with E-state index in [0.717, 1.165) is 16.7 Å². The molecule has 136 valence electrons. The topological polar surface area (TPSA) is 121 Å². The van der Waals surface area contributed by atoms with E-state index in [1.165, 1.54) is 0 Å². The van der Waals surface area contributed by atoms with E-state index in [0.29, 0.717) is 23.0 Å². The van der Waals surface area contributed by atoms with E-state index in [1.807, 2.05) is 24.3 Å². The number of rotatable bonds is 4. The molecule has 10 heteroatoms. The molecule has 4 aromatic rings. The third-order valence-electron chi connectivity index (χ3n) is 3.96. The summed E-state index contributed by atoms with van der Waals surface area (Å²) in [4.78, 5) is 25.0. The zero-order valence-electron chi connectivity index (χ0n) is 14.7. The molecule has 0 bridgehead atoms. The van der Waals surface area contributed by atoms with Crippen LogP contribution in [0.25, 0.3) is 16.7 Å². The lowest BCUT2D eigenvalue weighted by molar-refractivity contribution is 0.254. The quantitative estimate of drug-likeness (QED) is 0.438. The maximum absolute atomic E-state index is 11.7. The molecule has 0 spiro atoms. The van der Waals surface area contributed by atoms with Crippen LogP contribution in [0.3, 0.4) is 0 Å². The normalized spacial score (nSPS) is 10.7. The summed E-state index contributed by atoms with van der Waals surface area (Å²) in [5.74, 6) is 1.28. The number of aromatic nitrogens is 5. The molecule has 1 aromatic carbocycles. The molecule has 0 saturated carbocycles. The smallest absolute Gasteiger partial charge is 0.319 e. The fraction of sp³-hybridized carbons (Fsp3) is 0.118. The van der Waals surface area contributed by atoms with Crippen molar-refractivity contribution in [3.8, 4) is 0 Å². The molecule has 0 aliphatic rings. The summed E-state index contributed by atoms with van der Waals surface area (Å²) >= 11 is 0. The first-order chi connectivity index (χ1) is 13.2. The largest absolute Gasteiger partial charge is 0.373 e. The van der Waals surface area contributed by atoms with Crippen molar-refractivity contribution in [3.05, 3.63) is 42.9 Å². The van der Waals surface area contributed by atoms with Crippen molar-refractivity contribution in [3.63, 3.8) is 0 Å². The highest BCUT2D eigenvalue weighted by molar-refractivity contribution is 5.93. The van der Waals surface area contributed by atoms with Crippen LogP contribution in [-0.2, 0) is 0 Å². The maximum Gasteiger partial charge on any atom is 0.319 e. The van der Waals surface area contributed by atoms with E-state index in [-0.39, 0.29) is 6.03 Å². The van der Waals surface area contributed by atoms with Crippen molar-refractivity contribution in [1.82, 2.24) is 29.9 Å². The molecule has 0 radical (unpaired) electrons. The minimum Gasteiger partial charge on any atom is -0.373 e. The summed E-state index contributed by atoms with van der Waals surface area (Å²) in [6.45, 7) is 0. The molecule has 4 N–H and O–H groups in total. The second kappa shape index (κ2) is 6.75. The van der Waals surface area contributed by atoms with E-state index < -0.39 is 0 Å². The monoisotopic (exact) mass is 363 g/mol. The van der Waals surface area contributed by atoms with Crippen molar-refractivity contribution < 1.29 is 4.79 Å². The van der Waals surface area contributed by atoms with E-state index in [1.54, 1.807) is 37.2 Å².